The van der Waals surface area contributed by atoms with Crippen molar-refractivity contribution < 1.29 is 9.53 Å². The number of nitrogens with two attached hydrogens (primary N) is 2. The van der Waals surface area contributed by atoms with Gasteiger partial charge in [0.05, 0.1) is 18.1 Å². The molecule has 118 valence electrons. The fraction of sp³-hybridized carbons (Fsp3) is 0.500. The maximum absolute atomic E-state index is 11.9. The van der Waals surface area contributed by atoms with Crippen molar-refractivity contribution in [2.45, 2.75) is 25.5 Å². The summed E-state index contributed by atoms with van der Waals surface area (Å²) in [6.45, 7) is 1.55. The van der Waals surface area contributed by atoms with Gasteiger partial charge in [-0.05, 0) is 12.8 Å². The van der Waals surface area contributed by atoms with Crippen LogP contribution in [0.5, 0.6) is 0 Å². The number of rotatable bonds is 5. The Balaban J connectivity index is 1.79. The van der Waals surface area contributed by atoms with Crippen LogP contribution >= 0.6 is 0 Å². The minimum absolute atomic E-state index is 0.0835. The van der Waals surface area contributed by atoms with Crippen LogP contribution in [0.15, 0.2) is 6.20 Å². The molecule has 1 amide bonds. The maximum atomic E-state index is 11.9. The lowest BCUT2D eigenvalue weighted by Crippen LogP contribution is -2.38. The predicted molar refractivity (Wildman–Crippen MR) is 79.5 cm³/mol. The van der Waals surface area contributed by atoms with Crippen molar-refractivity contribution in [3.8, 4) is 0 Å². The van der Waals surface area contributed by atoms with E-state index < -0.39 is 6.10 Å². The number of aromatic nitrogens is 4. The second kappa shape index (κ2) is 6.12. The third kappa shape index (κ3) is 2.78. The Bertz CT molecular complexity index is 679. The lowest BCUT2D eigenvalue weighted by Gasteiger charge is -2.12. The van der Waals surface area contributed by atoms with Gasteiger partial charge in [0.25, 0.3) is 5.91 Å². The predicted octanol–water partition coefficient (Wildman–Crippen LogP) is -1.01. The van der Waals surface area contributed by atoms with Crippen LogP contribution in [0.2, 0.25) is 0 Å². The van der Waals surface area contributed by atoms with Crippen molar-refractivity contribution in [1.82, 2.24) is 25.2 Å². The van der Waals surface area contributed by atoms with Crippen molar-refractivity contribution >= 4 is 28.7 Å². The molecule has 6 N–H and O–H groups in total. The number of nitrogens with zero attached hydrogens (tertiary/aromatic N) is 4. The summed E-state index contributed by atoms with van der Waals surface area (Å²) in [5.74, 6) is 0.231. The quantitative estimate of drug-likeness (QED) is 0.514. The molecule has 1 aliphatic heterocycles. The summed E-state index contributed by atoms with van der Waals surface area (Å²) in [4.78, 5) is 20.2. The second-order valence-electron chi connectivity index (χ2n) is 4.94. The highest BCUT2D eigenvalue weighted by molar-refractivity contribution is 5.89. The molecule has 1 unspecified atom stereocenters. The van der Waals surface area contributed by atoms with Gasteiger partial charge in [-0.2, -0.15) is 15.1 Å². The number of hydrogen-bond donors (Lipinski definition) is 4. The molecule has 1 saturated heterocycles. The number of hydrogen-bond acceptors (Lipinski definition) is 8. The van der Waals surface area contributed by atoms with Gasteiger partial charge in [0.15, 0.2) is 11.5 Å². The van der Waals surface area contributed by atoms with E-state index in [0.717, 1.165) is 6.42 Å². The Hall–Kier alpha value is -2.46. The van der Waals surface area contributed by atoms with E-state index in [0.29, 0.717) is 43.0 Å². The third-order valence-electron chi connectivity index (χ3n) is 3.38. The fourth-order valence-corrected chi connectivity index (χ4v) is 2.34. The number of fused-ring (bicyclic) bond motifs is 1. The second-order valence-corrected chi connectivity index (χ2v) is 4.94. The zero-order valence-corrected chi connectivity index (χ0v) is 12.0. The molecule has 10 nitrogen and oxygen atoms in total. The summed E-state index contributed by atoms with van der Waals surface area (Å²) in [6, 6.07) is 0. The summed E-state index contributed by atoms with van der Waals surface area (Å²) < 4.78 is 6.95. The average Bonchev–Trinajstić information content (AvgIpc) is 3.15. The molecule has 2 aromatic heterocycles. The smallest absolute Gasteiger partial charge is 0.267 e. The first-order chi connectivity index (χ1) is 10.7. The zero-order chi connectivity index (χ0) is 15.5. The van der Waals surface area contributed by atoms with Crippen LogP contribution in [0.4, 0.5) is 11.8 Å². The minimum Gasteiger partial charge on any atom is -0.368 e. The molecule has 1 atom stereocenters. The van der Waals surface area contributed by atoms with Gasteiger partial charge in [-0.1, -0.05) is 0 Å². The van der Waals surface area contributed by atoms with Gasteiger partial charge in [-0.25, -0.2) is 4.68 Å². The van der Waals surface area contributed by atoms with Crippen molar-refractivity contribution in [3.63, 3.8) is 0 Å². The van der Waals surface area contributed by atoms with Crippen molar-refractivity contribution in [2.24, 2.45) is 5.73 Å². The normalized spacial score (nSPS) is 17.8. The SMILES string of the molecule is NCCn1ncc2c(NNC(=O)C3CCCO3)nc(N)nc21. The monoisotopic (exact) mass is 306 g/mol. The molecule has 1 fully saturated rings. The molecule has 0 radical (unpaired) electrons. The Morgan fingerprint density at radius 2 is 2.36 bits per heavy atom. The molecule has 2 aromatic rings. The number of carbonyl (C=O) groups is 1. The van der Waals surface area contributed by atoms with Gasteiger partial charge in [0.2, 0.25) is 5.95 Å². The van der Waals surface area contributed by atoms with E-state index in [1.165, 1.54) is 0 Å². The molecule has 22 heavy (non-hydrogen) atoms. The number of nitrogen functional groups attached to an aromatic ring is 1. The summed E-state index contributed by atoms with van der Waals surface area (Å²) in [6.07, 6.45) is 2.77. The maximum Gasteiger partial charge on any atom is 0.267 e. The van der Waals surface area contributed by atoms with Crippen molar-refractivity contribution in [3.05, 3.63) is 6.20 Å². The first-order valence-corrected chi connectivity index (χ1v) is 7.05. The van der Waals surface area contributed by atoms with Crippen LogP contribution in [-0.4, -0.2) is 44.9 Å². The lowest BCUT2D eigenvalue weighted by atomic mass is 10.2. The Morgan fingerprint density at radius 3 is 3.09 bits per heavy atom. The number of hydrazine groups is 1. The molecule has 0 aliphatic carbocycles. The van der Waals surface area contributed by atoms with Crippen molar-refractivity contribution in [2.75, 3.05) is 24.3 Å². The highest BCUT2D eigenvalue weighted by atomic mass is 16.5. The van der Waals surface area contributed by atoms with E-state index in [-0.39, 0.29) is 11.9 Å². The van der Waals surface area contributed by atoms with E-state index in [2.05, 4.69) is 25.9 Å². The Kier molecular flexibility index (Phi) is 4.02. The van der Waals surface area contributed by atoms with Crippen LogP contribution < -0.4 is 22.3 Å². The number of amides is 1. The standard InChI is InChI=1S/C12H18N8O2/c13-3-4-20-10-7(6-15-20)9(16-12(14)17-10)18-19-11(21)8-2-1-5-22-8/h6,8H,1-5,13H2,(H,19,21)(H3,14,16,17,18). The molecule has 3 rings (SSSR count). The number of ether oxygens (including phenoxy) is 1. The third-order valence-corrected chi connectivity index (χ3v) is 3.38. The highest BCUT2D eigenvalue weighted by Crippen LogP contribution is 2.20. The Labute approximate surface area is 126 Å². The fourth-order valence-electron chi connectivity index (χ4n) is 2.34. The molecular formula is C12H18N8O2. The number of carbonyl (C=O) groups excluding carboxylic acids is 1. The van der Waals surface area contributed by atoms with E-state index in [1.807, 2.05) is 0 Å². The topological polar surface area (TPSA) is 146 Å². The van der Waals surface area contributed by atoms with E-state index in [4.69, 9.17) is 16.2 Å². The van der Waals surface area contributed by atoms with Crippen LogP contribution in [0.25, 0.3) is 11.0 Å². The number of nitrogens with one attached hydrogen (secondary N) is 2. The van der Waals surface area contributed by atoms with Crippen LogP contribution in [0, 0.1) is 0 Å². The van der Waals surface area contributed by atoms with Gasteiger partial charge in [-0.15, -0.1) is 0 Å². The first kappa shape index (κ1) is 14.5. The zero-order valence-electron chi connectivity index (χ0n) is 12.0. The molecule has 10 heteroatoms. The summed E-state index contributed by atoms with van der Waals surface area (Å²) in [5.41, 5.74) is 17.1. The van der Waals surface area contributed by atoms with Gasteiger partial charge in [0, 0.05) is 13.2 Å². The average molecular weight is 306 g/mol. The molecule has 3 heterocycles. The minimum atomic E-state index is -0.429. The summed E-state index contributed by atoms with van der Waals surface area (Å²) in [5, 5.41) is 4.84. The van der Waals surface area contributed by atoms with E-state index >= 15 is 0 Å². The lowest BCUT2D eigenvalue weighted by molar-refractivity contribution is -0.129. The van der Waals surface area contributed by atoms with E-state index in [1.54, 1.807) is 10.9 Å². The molecular weight excluding hydrogens is 288 g/mol. The molecule has 0 spiro atoms. The van der Waals surface area contributed by atoms with Crippen LogP contribution in [-0.2, 0) is 16.1 Å². The van der Waals surface area contributed by atoms with Gasteiger partial charge in [0.1, 0.15) is 6.10 Å². The van der Waals surface area contributed by atoms with Gasteiger partial charge < -0.3 is 16.2 Å². The first-order valence-electron chi connectivity index (χ1n) is 7.05. The molecule has 0 aromatic carbocycles. The van der Waals surface area contributed by atoms with Gasteiger partial charge in [-0.3, -0.25) is 15.6 Å². The summed E-state index contributed by atoms with van der Waals surface area (Å²) in [7, 11) is 0. The number of anilines is 2. The summed E-state index contributed by atoms with van der Waals surface area (Å²) >= 11 is 0. The molecule has 0 bridgehead atoms. The molecule has 0 saturated carbocycles. The largest absolute Gasteiger partial charge is 0.368 e. The highest BCUT2D eigenvalue weighted by Gasteiger charge is 2.23. The van der Waals surface area contributed by atoms with Crippen LogP contribution in [0.1, 0.15) is 12.8 Å². The van der Waals surface area contributed by atoms with Crippen molar-refractivity contribution in [1.29, 1.82) is 0 Å². The van der Waals surface area contributed by atoms with Crippen LogP contribution in [0.3, 0.4) is 0 Å². The van der Waals surface area contributed by atoms with Gasteiger partial charge >= 0.3 is 0 Å². The molecule has 1 aliphatic rings. The van der Waals surface area contributed by atoms with E-state index in [9.17, 15) is 4.79 Å². The Morgan fingerprint density at radius 1 is 1.50 bits per heavy atom.